The van der Waals surface area contributed by atoms with Crippen molar-refractivity contribution in [2.24, 2.45) is 0 Å². The molecule has 2 saturated heterocycles. The molecule has 0 bridgehead atoms. The van der Waals surface area contributed by atoms with Crippen LogP contribution in [0, 0.1) is 5.82 Å². The van der Waals surface area contributed by atoms with Gasteiger partial charge in [-0.15, -0.1) is 0 Å². The summed E-state index contributed by atoms with van der Waals surface area (Å²) in [6.45, 7) is 1.01. The molecule has 2 aromatic rings. The van der Waals surface area contributed by atoms with Crippen molar-refractivity contribution in [1.29, 1.82) is 0 Å². The van der Waals surface area contributed by atoms with E-state index in [4.69, 9.17) is 0 Å². The number of carbonyl (C=O) groups excluding carboxylic acids is 2. The Bertz CT molecular complexity index is 866. The molecule has 0 aliphatic carbocycles. The lowest BCUT2D eigenvalue weighted by Crippen LogP contribution is -2.58. The number of halogens is 1. The zero-order chi connectivity index (χ0) is 19.6. The Morgan fingerprint density at radius 2 is 1.89 bits per heavy atom. The number of benzene rings is 2. The minimum Gasteiger partial charge on any atom is -0.337 e. The fraction of sp³-hybridized carbons (Fsp3) is 0.333. The van der Waals surface area contributed by atoms with Crippen LogP contribution in [0.2, 0.25) is 0 Å². The monoisotopic (exact) mass is 382 g/mol. The van der Waals surface area contributed by atoms with Crippen LogP contribution in [-0.4, -0.2) is 41.6 Å². The second-order valence-electron chi connectivity index (χ2n) is 7.39. The fourth-order valence-electron chi connectivity index (χ4n) is 3.88. The maximum Gasteiger partial charge on any atom is 0.321 e. The van der Waals surface area contributed by atoms with Gasteiger partial charge in [-0.2, -0.15) is 0 Å². The normalized spacial score (nSPS) is 20.8. The van der Waals surface area contributed by atoms with Gasteiger partial charge in [-0.25, -0.2) is 9.18 Å². The summed E-state index contributed by atoms with van der Waals surface area (Å²) in [6, 6.07) is 15.2. The van der Waals surface area contributed by atoms with Crippen molar-refractivity contribution < 1.29 is 14.0 Å². The molecule has 146 valence electrons. The molecule has 1 atom stereocenters. The summed E-state index contributed by atoms with van der Waals surface area (Å²) in [5.74, 6) is -0.390. The summed E-state index contributed by atoms with van der Waals surface area (Å²) in [5.41, 5.74) is 1.08. The number of piperidine rings is 1. The predicted octanol–water partition coefficient (Wildman–Crippen LogP) is 2.48. The first-order valence-corrected chi connectivity index (χ1v) is 9.48. The second-order valence-corrected chi connectivity index (χ2v) is 7.39. The Morgan fingerprint density at radius 1 is 1.14 bits per heavy atom. The smallest absolute Gasteiger partial charge is 0.321 e. The third-order valence-electron chi connectivity index (χ3n) is 5.39. The Balaban J connectivity index is 1.33. The molecule has 6 nitrogen and oxygen atoms in total. The summed E-state index contributed by atoms with van der Waals surface area (Å²) in [4.78, 5) is 26.6. The highest BCUT2D eigenvalue weighted by Crippen LogP contribution is 2.26. The molecule has 3 N–H and O–H groups in total. The van der Waals surface area contributed by atoms with Gasteiger partial charge in [0, 0.05) is 31.6 Å². The van der Waals surface area contributed by atoms with Gasteiger partial charge in [-0.05, 0) is 30.2 Å². The maximum atomic E-state index is 13.3. The Hall–Kier alpha value is -2.93. The molecular formula is C21H23FN4O2. The number of likely N-dealkylation sites (tertiary alicyclic amines) is 1. The van der Waals surface area contributed by atoms with E-state index in [2.05, 4.69) is 16.0 Å². The predicted molar refractivity (Wildman–Crippen MR) is 104 cm³/mol. The average Bonchev–Trinajstić information content (AvgIpc) is 2.98. The third-order valence-corrected chi connectivity index (χ3v) is 5.39. The van der Waals surface area contributed by atoms with Crippen LogP contribution < -0.4 is 16.0 Å². The van der Waals surface area contributed by atoms with Gasteiger partial charge in [-0.1, -0.05) is 36.4 Å². The van der Waals surface area contributed by atoms with Gasteiger partial charge in [0.05, 0.1) is 11.7 Å². The molecule has 2 aromatic carbocycles. The van der Waals surface area contributed by atoms with E-state index in [0.717, 1.165) is 5.56 Å². The van der Waals surface area contributed by atoms with Gasteiger partial charge < -0.3 is 15.5 Å². The number of carbonyl (C=O) groups is 2. The van der Waals surface area contributed by atoms with Crippen LogP contribution in [0.15, 0.2) is 54.6 Å². The molecule has 4 rings (SSSR count). The summed E-state index contributed by atoms with van der Waals surface area (Å²) in [5, 5.41) is 9.27. The standard InChI is InChI=1S/C21H23FN4O2/c22-16-7-4-8-17(14-16)23-20(28)26-11-9-21(10-12-26)24-18(19(27)25-21)13-15-5-2-1-3-6-15/h1-8,14,18,24H,9-13H2,(H,23,28)(H,25,27). The molecule has 2 aliphatic heterocycles. The molecule has 0 aromatic heterocycles. The zero-order valence-corrected chi connectivity index (χ0v) is 15.5. The zero-order valence-electron chi connectivity index (χ0n) is 15.5. The molecule has 1 unspecified atom stereocenters. The molecule has 1 spiro atoms. The Labute approximate surface area is 163 Å². The van der Waals surface area contributed by atoms with E-state index < -0.39 is 11.5 Å². The number of nitrogens with zero attached hydrogens (tertiary/aromatic N) is 1. The van der Waals surface area contributed by atoms with E-state index in [1.54, 1.807) is 17.0 Å². The molecule has 0 radical (unpaired) electrons. The first-order chi connectivity index (χ1) is 13.5. The van der Waals surface area contributed by atoms with E-state index >= 15 is 0 Å². The van der Waals surface area contributed by atoms with E-state index in [-0.39, 0.29) is 18.0 Å². The van der Waals surface area contributed by atoms with Crippen molar-refractivity contribution in [2.75, 3.05) is 18.4 Å². The lowest BCUT2D eigenvalue weighted by atomic mass is 9.97. The van der Waals surface area contributed by atoms with Crippen molar-refractivity contribution in [2.45, 2.75) is 31.0 Å². The summed E-state index contributed by atoms with van der Waals surface area (Å²) < 4.78 is 13.3. The van der Waals surface area contributed by atoms with Gasteiger partial charge >= 0.3 is 6.03 Å². The van der Waals surface area contributed by atoms with Crippen LogP contribution in [0.3, 0.4) is 0 Å². The summed E-state index contributed by atoms with van der Waals surface area (Å²) in [7, 11) is 0. The molecule has 0 saturated carbocycles. The van der Waals surface area contributed by atoms with Gasteiger partial charge in [-0.3, -0.25) is 10.1 Å². The molecule has 3 amide bonds. The van der Waals surface area contributed by atoms with E-state index in [0.29, 0.717) is 38.0 Å². The van der Waals surface area contributed by atoms with Gasteiger partial charge in [0.2, 0.25) is 5.91 Å². The minimum atomic E-state index is -0.466. The first kappa shape index (κ1) is 18.4. The highest BCUT2D eigenvalue weighted by molar-refractivity contribution is 5.89. The summed E-state index contributed by atoms with van der Waals surface area (Å²) >= 11 is 0. The minimum absolute atomic E-state index is 0.00140. The van der Waals surface area contributed by atoms with Crippen LogP contribution in [-0.2, 0) is 11.2 Å². The number of hydrogen-bond acceptors (Lipinski definition) is 3. The van der Waals surface area contributed by atoms with Crippen LogP contribution in [0.4, 0.5) is 14.9 Å². The first-order valence-electron chi connectivity index (χ1n) is 9.48. The molecule has 2 heterocycles. The Morgan fingerprint density at radius 3 is 2.61 bits per heavy atom. The number of amides is 3. The van der Waals surface area contributed by atoms with Crippen molar-refractivity contribution in [3.63, 3.8) is 0 Å². The van der Waals surface area contributed by atoms with Crippen molar-refractivity contribution >= 4 is 17.6 Å². The molecule has 28 heavy (non-hydrogen) atoms. The second kappa shape index (κ2) is 7.59. The van der Waals surface area contributed by atoms with E-state index in [9.17, 15) is 14.0 Å². The van der Waals surface area contributed by atoms with Gasteiger partial charge in [0.1, 0.15) is 5.82 Å². The SMILES string of the molecule is O=C1NC2(CCN(C(=O)Nc3cccc(F)c3)CC2)NC1Cc1ccccc1. The highest BCUT2D eigenvalue weighted by Gasteiger charge is 2.45. The summed E-state index contributed by atoms with van der Waals surface area (Å²) in [6.07, 6.45) is 1.89. The topological polar surface area (TPSA) is 73.5 Å². The number of nitrogens with one attached hydrogen (secondary N) is 3. The molecule has 2 fully saturated rings. The number of urea groups is 1. The largest absolute Gasteiger partial charge is 0.337 e. The van der Waals surface area contributed by atoms with Gasteiger partial charge in [0.25, 0.3) is 0 Å². The Kier molecular flexibility index (Phi) is 5.00. The highest BCUT2D eigenvalue weighted by atomic mass is 19.1. The van der Waals surface area contributed by atoms with Crippen LogP contribution in [0.25, 0.3) is 0 Å². The van der Waals surface area contributed by atoms with Gasteiger partial charge in [0.15, 0.2) is 0 Å². The van der Waals surface area contributed by atoms with Crippen molar-refractivity contribution in [1.82, 2.24) is 15.5 Å². The number of anilines is 1. The molecular weight excluding hydrogens is 359 g/mol. The third kappa shape index (κ3) is 3.99. The average molecular weight is 382 g/mol. The number of rotatable bonds is 3. The van der Waals surface area contributed by atoms with Crippen LogP contribution >= 0.6 is 0 Å². The van der Waals surface area contributed by atoms with Crippen molar-refractivity contribution in [3.8, 4) is 0 Å². The lowest BCUT2D eigenvalue weighted by Gasteiger charge is -2.39. The van der Waals surface area contributed by atoms with Crippen LogP contribution in [0.1, 0.15) is 18.4 Å². The lowest BCUT2D eigenvalue weighted by molar-refractivity contribution is -0.121. The molecule has 2 aliphatic rings. The fourth-order valence-corrected chi connectivity index (χ4v) is 3.88. The van der Waals surface area contributed by atoms with E-state index in [1.807, 2.05) is 30.3 Å². The quantitative estimate of drug-likeness (QED) is 0.764. The van der Waals surface area contributed by atoms with Crippen LogP contribution in [0.5, 0.6) is 0 Å². The number of hydrogen-bond donors (Lipinski definition) is 3. The van der Waals surface area contributed by atoms with Crippen molar-refractivity contribution in [3.05, 3.63) is 66.0 Å². The molecule has 7 heteroatoms. The maximum absolute atomic E-state index is 13.3. The van der Waals surface area contributed by atoms with E-state index in [1.165, 1.54) is 12.1 Å².